The minimum atomic E-state index is -0.565. The summed E-state index contributed by atoms with van der Waals surface area (Å²) in [5, 5.41) is 10.1. The van der Waals surface area contributed by atoms with E-state index in [1.807, 2.05) is 0 Å². The maximum absolute atomic E-state index is 12.4. The van der Waals surface area contributed by atoms with E-state index < -0.39 is 11.9 Å². The van der Waals surface area contributed by atoms with E-state index in [9.17, 15) is 14.7 Å². The van der Waals surface area contributed by atoms with Gasteiger partial charge in [0.2, 0.25) is 0 Å². The number of para-hydroxylation sites is 2. The second-order valence-electron chi connectivity index (χ2n) is 5.47. The van der Waals surface area contributed by atoms with Crippen molar-refractivity contribution in [3.05, 3.63) is 83.9 Å². The Hall–Kier alpha value is -3.60. The molecular weight excluding hydrogens is 332 g/mol. The van der Waals surface area contributed by atoms with Gasteiger partial charge < -0.3 is 14.6 Å². The summed E-state index contributed by atoms with van der Waals surface area (Å²) in [6.07, 6.45) is 0. The molecule has 5 heteroatoms. The van der Waals surface area contributed by atoms with Crippen LogP contribution in [0.1, 0.15) is 20.7 Å². The van der Waals surface area contributed by atoms with Crippen LogP contribution >= 0.6 is 0 Å². The largest absolute Gasteiger partial charge is 0.507 e. The molecule has 26 heavy (non-hydrogen) atoms. The zero-order valence-corrected chi connectivity index (χ0v) is 14.0. The Morgan fingerprint density at radius 1 is 0.731 bits per heavy atom. The van der Waals surface area contributed by atoms with Gasteiger partial charge in [-0.15, -0.1) is 0 Å². The lowest BCUT2D eigenvalue weighted by atomic mass is 10.0. The Morgan fingerprint density at radius 2 is 1.27 bits per heavy atom. The van der Waals surface area contributed by atoms with Gasteiger partial charge in [-0.2, -0.15) is 0 Å². The molecule has 0 aliphatic rings. The molecule has 0 spiro atoms. The molecule has 0 unspecified atom stereocenters. The van der Waals surface area contributed by atoms with Gasteiger partial charge in [0.05, 0.1) is 18.2 Å². The molecule has 0 aliphatic carbocycles. The predicted octanol–water partition coefficient (Wildman–Crippen LogP) is 4.07. The Morgan fingerprint density at radius 3 is 1.88 bits per heavy atom. The zero-order valence-electron chi connectivity index (χ0n) is 14.0. The number of hydrogen-bond donors (Lipinski definition) is 1. The van der Waals surface area contributed by atoms with Crippen LogP contribution in [0.3, 0.4) is 0 Å². The highest BCUT2D eigenvalue weighted by Crippen LogP contribution is 2.35. The van der Waals surface area contributed by atoms with Crippen molar-refractivity contribution in [2.75, 3.05) is 7.11 Å². The summed E-state index contributed by atoms with van der Waals surface area (Å²) in [7, 11) is 1.29. The summed E-state index contributed by atoms with van der Waals surface area (Å²) >= 11 is 0. The third-order valence-electron chi connectivity index (χ3n) is 3.83. The molecule has 5 nitrogen and oxygen atoms in total. The van der Waals surface area contributed by atoms with E-state index in [1.54, 1.807) is 48.5 Å². The van der Waals surface area contributed by atoms with Gasteiger partial charge in [0.25, 0.3) is 0 Å². The van der Waals surface area contributed by atoms with Gasteiger partial charge in [-0.05, 0) is 36.4 Å². The van der Waals surface area contributed by atoms with Crippen LogP contribution in [-0.2, 0) is 4.74 Å². The Bertz CT molecular complexity index is 945. The first-order valence-electron chi connectivity index (χ1n) is 7.88. The van der Waals surface area contributed by atoms with Crippen molar-refractivity contribution in [1.82, 2.24) is 0 Å². The van der Waals surface area contributed by atoms with Crippen LogP contribution < -0.4 is 4.74 Å². The minimum absolute atomic E-state index is 0.0958. The maximum atomic E-state index is 12.4. The Balaban J connectivity index is 1.87. The highest BCUT2D eigenvalue weighted by atomic mass is 16.5. The average Bonchev–Trinajstić information content (AvgIpc) is 2.68. The van der Waals surface area contributed by atoms with Gasteiger partial charge in [-0.25, -0.2) is 9.59 Å². The number of phenolic OH excluding ortho intramolecular Hbond substituents is 1. The summed E-state index contributed by atoms with van der Waals surface area (Å²) in [5.41, 5.74) is 1.81. The zero-order chi connectivity index (χ0) is 18.5. The molecule has 0 aromatic heterocycles. The van der Waals surface area contributed by atoms with E-state index in [0.29, 0.717) is 28.0 Å². The SMILES string of the molecule is COC(=O)c1ccc(C(=O)Oc2ccccc2-c2ccccc2O)cc1. The lowest BCUT2D eigenvalue weighted by Crippen LogP contribution is -2.10. The fraction of sp³-hybridized carbons (Fsp3) is 0.0476. The monoisotopic (exact) mass is 348 g/mol. The molecule has 0 bridgehead atoms. The second-order valence-corrected chi connectivity index (χ2v) is 5.47. The molecule has 0 radical (unpaired) electrons. The number of hydrogen-bond acceptors (Lipinski definition) is 5. The maximum Gasteiger partial charge on any atom is 0.343 e. The van der Waals surface area contributed by atoms with Gasteiger partial charge in [-0.3, -0.25) is 0 Å². The lowest BCUT2D eigenvalue weighted by Gasteiger charge is -2.11. The number of phenols is 1. The summed E-state index contributed by atoms with van der Waals surface area (Å²) in [6.45, 7) is 0. The fourth-order valence-electron chi connectivity index (χ4n) is 2.50. The molecule has 1 N–H and O–H groups in total. The van der Waals surface area contributed by atoms with Crippen LogP contribution in [0.25, 0.3) is 11.1 Å². The highest BCUT2D eigenvalue weighted by molar-refractivity contribution is 5.95. The van der Waals surface area contributed by atoms with Crippen LogP contribution in [0.15, 0.2) is 72.8 Å². The number of ether oxygens (including phenoxy) is 2. The van der Waals surface area contributed by atoms with E-state index in [1.165, 1.54) is 31.4 Å². The third kappa shape index (κ3) is 3.57. The van der Waals surface area contributed by atoms with Crippen molar-refractivity contribution in [3.8, 4) is 22.6 Å². The average molecular weight is 348 g/mol. The molecule has 3 aromatic carbocycles. The lowest BCUT2D eigenvalue weighted by molar-refractivity contribution is 0.0599. The molecule has 0 saturated carbocycles. The van der Waals surface area contributed by atoms with Crippen molar-refractivity contribution in [2.45, 2.75) is 0 Å². The Labute approximate surface area is 150 Å². The first-order valence-corrected chi connectivity index (χ1v) is 7.88. The summed E-state index contributed by atoms with van der Waals surface area (Å²) in [5.74, 6) is -0.617. The van der Waals surface area contributed by atoms with Crippen molar-refractivity contribution in [2.24, 2.45) is 0 Å². The van der Waals surface area contributed by atoms with Crippen molar-refractivity contribution < 1.29 is 24.2 Å². The number of rotatable bonds is 4. The van der Waals surface area contributed by atoms with Gasteiger partial charge in [-0.1, -0.05) is 36.4 Å². The molecule has 130 valence electrons. The van der Waals surface area contributed by atoms with E-state index in [4.69, 9.17) is 4.74 Å². The minimum Gasteiger partial charge on any atom is -0.507 e. The summed E-state index contributed by atoms with van der Waals surface area (Å²) in [4.78, 5) is 23.9. The van der Waals surface area contributed by atoms with Crippen molar-refractivity contribution in [3.63, 3.8) is 0 Å². The molecule has 0 aliphatic heterocycles. The number of carbonyl (C=O) groups excluding carboxylic acids is 2. The van der Waals surface area contributed by atoms with Crippen molar-refractivity contribution >= 4 is 11.9 Å². The van der Waals surface area contributed by atoms with E-state index in [0.717, 1.165) is 0 Å². The molecule has 0 saturated heterocycles. The third-order valence-corrected chi connectivity index (χ3v) is 3.83. The number of carbonyl (C=O) groups is 2. The van der Waals surface area contributed by atoms with E-state index >= 15 is 0 Å². The molecule has 0 atom stereocenters. The number of aromatic hydroxyl groups is 1. The van der Waals surface area contributed by atoms with Gasteiger partial charge in [0, 0.05) is 11.1 Å². The first kappa shape index (κ1) is 17.2. The van der Waals surface area contributed by atoms with E-state index in [2.05, 4.69) is 4.74 Å². The predicted molar refractivity (Wildman–Crippen MR) is 96.3 cm³/mol. The smallest absolute Gasteiger partial charge is 0.343 e. The number of benzene rings is 3. The molecule has 3 rings (SSSR count). The van der Waals surface area contributed by atoms with Crippen LogP contribution in [-0.4, -0.2) is 24.2 Å². The molecule has 0 fully saturated rings. The molecule has 0 heterocycles. The van der Waals surface area contributed by atoms with Crippen LogP contribution in [0, 0.1) is 0 Å². The Kier molecular flexibility index (Phi) is 4.99. The van der Waals surface area contributed by atoms with Gasteiger partial charge in [0.1, 0.15) is 11.5 Å². The second kappa shape index (κ2) is 7.53. The van der Waals surface area contributed by atoms with Gasteiger partial charge >= 0.3 is 11.9 Å². The molecule has 3 aromatic rings. The standard InChI is InChI=1S/C21H16O5/c1-25-20(23)14-10-12-15(13-11-14)21(24)26-19-9-5-3-7-17(19)16-6-2-4-8-18(16)22/h2-13,22H,1H3. The summed E-state index contributed by atoms with van der Waals surface area (Å²) in [6, 6.07) is 19.8. The van der Waals surface area contributed by atoms with E-state index in [-0.39, 0.29) is 5.75 Å². The van der Waals surface area contributed by atoms with Crippen LogP contribution in [0.4, 0.5) is 0 Å². The van der Waals surface area contributed by atoms with Crippen molar-refractivity contribution in [1.29, 1.82) is 0 Å². The quantitative estimate of drug-likeness (QED) is 0.568. The molecule has 0 amide bonds. The fourth-order valence-corrected chi connectivity index (χ4v) is 2.50. The normalized spacial score (nSPS) is 10.2. The highest BCUT2D eigenvalue weighted by Gasteiger charge is 2.15. The van der Waals surface area contributed by atoms with Gasteiger partial charge in [0.15, 0.2) is 0 Å². The van der Waals surface area contributed by atoms with Crippen LogP contribution in [0.2, 0.25) is 0 Å². The first-order chi connectivity index (χ1) is 12.6. The number of esters is 2. The number of methoxy groups -OCH3 is 1. The molecular formula is C21H16O5. The van der Waals surface area contributed by atoms with Crippen LogP contribution in [0.5, 0.6) is 11.5 Å². The summed E-state index contributed by atoms with van der Waals surface area (Å²) < 4.78 is 10.1. The topological polar surface area (TPSA) is 72.8 Å².